The van der Waals surface area contributed by atoms with E-state index in [0.717, 1.165) is 15.3 Å². The fraction of sp³-hybridized carbons (Fsp3) is 0.333. The molecule has 0 bridgehead atoms. The minimum atomic E-state index is 0.222. The summed E-state index contributed by atoms with van der Waals surface area (Å²) in [5.74, 6) is 1.02. The monoisotopic (exact) mass is 259 g/mol. The van der Waals surface area contributed by atoms with Gasteiger partial charge < -0.3 is 0 Å². The number of ketones is 1. The Morgan fingerprint density at radius 2 is 2.46 bits per heavy atom. The van der Waals surface area contributed by atoms with Crippen LogP contribution in [0.4, 0.5) is 0 Å². The van der Waals surface area contributed by atoms with Crippen molar-refractivity contribution in [2.24, 2.45) is 0 Å². The maximum absolute atomic E-state index is 10.7. The van der Waals surface area contributed by atoms with Crippen molar-refractivity contribution in [2.75, 3.05) is 5.75 Å². The number of halogens is 1. The molecule has 1 heterocycles. The summed E-state index contributed by atoms with van der Waals surface area (Å²) in [5, 5.41) is 0.948. The Morgan fingerprint density at radius 3 is 3.08 bits per heavy atom. The van der Waals surface area contributed by atoms with Crippen molar-refractivity contribution < 1.29 is 4.79 Å². The van der Waals surface area contributed by atoms with Crippen LogP contribution < -0.4 is 0 Å². The van der Waals surface area contributed by atoms with Crippen molar-refractivity contribution in [1.29, 1.82) is 0 Å². The Morgan fingerprint density at radius 1 is 1.69 bits per heavy atom. The zero-order valence-electron chi connectivity index (χ0n) is 7.29. The second-order valence-electron chi connectivity index (χ2n) is 2.59. The fourth-order valence-corrected chi connectivity index (χ4v) is 2.29. The number of Topliss-reactive ketones (excluding diaryl/α,β-unsaturated/α-hetero) is 1. The molecule has 70 valence electrons. The van der Waals surface area contributed by atoms with Gasteiger partial charge in [-0.3, -0.25) is 4.79 Å². The first-order chi connectivity index (χ1) is 6.20. The standard InChI is InChI=1S/C9H10BrNOS/c1-7(12)4-6-13-9-8(10)3-2-5-11-9/h2-3,5H,4,6H2,1H3. The number of pyridine rings is 1. The third kappa shape index (κ3) is 3.91. The molecule has 4 heteroatoms. The number of carbonyl (C=O) groups is 1. The fourth-order valence-electron chi connectivity index (χ4n) is 0.769. The maximum atomic E-state index is 10.7. The first kappa shape index (κ1) is 10.7. The van der Waals surface area contributed by atoms with Crippen molar-refractivity contribution in [1.82, 2.24) is 4.98 Å². The number of carbonyl (C=O) groups excluding carboxylic acids is 1. The van der Waals surface area contributed by atoms with E-state index < -0.39 is 0 Å². The molecule has 0 saturated carbocycles. The number of rotatable bonds is 4. The van der Waals surface area contributed by atoms with Gasteiger partial charge in [0, 0.05) is 22.8 Å². The lowest BCUT2D eigenvalue weighted by atomic mass is 10.4. The highest BCUT2D eigenvalue weighted by molar-refractivity contribution is 9.10. The molecule has 0 atom stereocenters. The van der Waals surface area contributed by atoms with Crippen LogP contribution in [-0.4, -0.2) is 16.5 Å². The molecule has 0 spiro atoms. The summed E-state index contributed by atoms with van der Waals surface area (Å²) in [5.41, 5.74) is 0. The molecule has 1 aromatic rings. The van der Waals surface area contributed by atoms with Crippen LogP contribution >= 0.6 is 27.7 Å². The number of nitrogens with zero attached hydrogens (tertiary/aromatic N) is 1. The topological polar surface area (TPSA) is 30.0 Å². The quantitative estimate of drug-likeness (QED) is 0.779. The molecule has 0 aliphatic heterocycles. The van der Waals surface area contributed by atoms with Crippen LogP contribution in [0.5, 0.6) is 0 Å². The minimum absolute atomic E-state index is 0.222. The normalized spacial score (nSPS) is 10.0. The maximum Gasteiger partial charge on any atom is 0.130 e. The van der Waals surface area contributed by atoms with E-state index in [1.807, 2.05) is 12.1 Å². The highest BCUT2D eigenvalue weighted by atomic mass is 79.9. The lowest BCUT2D eigenvalue weighted by Crippen LogP contribution is -1.92. The first-order valence-corrected chi connectivity index (χ1v) is 5.71. The van der Waals surface area contributed by atoms with Crippen LogP contribution in [0.3, 0.4) is 0 Å². The van der Waals surface area contributed by atoms with Gasteiger partial charge in [-0.15, -0.1) is 11.8 Å². The number of thioether (sulfide) groups is 1. The van der Waals surface area contributed by atoms with Gasteiger partial charge in [-0.25, -0.2) is 4.98 Å². The van der Waals surface area contributed by atoms with Gasteiger partial charge in [-0.1, -0.05) is 0 Å². The Labute approximate surface area is 90.3 Å². The second kappa shape index (κ2) is 5.40. The first-order valence-electron chi connectivity index (χ1n) is 3.93. The molecule has 0 radical (unpaired) electrons. The summed E-state index contributed by atoms with van der Waals surface area (Å²) in [6.45, 7) is 1.61. The summed E-state index contributed by atoms with van der Waals surface area (Å²) >= 11 is 4.99. The van der Waals surface area contributed by atoms with Crippen LogP contribution in [0.25, 0.3) is 0 Å². The van der Waals surface area contributed by atoms with Crippen LogP contribution in [0.1, 0.15) is 13.3 Å². The molecular formula is C9H10BrNOS. The largest absolute Gasteiger partial charge is 0.300 e. The summed E-state index contributed by atoms with van der Waals surface area (Å²) < 4.78 is 0.989. The van der Waals surface area contributed by atoms with Gasteiger partial charge in [0.2, 0.25) is 0 Å². The molecule has 2 nitrogen and oxygen atoms in total. The third-order valence-electron chi connectivity index (χ3n) is 1.42. The molecule has 0 fully saturated rings. The SMILES string of the molecule is CC(=O)CCSc1ncccc1Br. The van der Waals surface area contributed by atoms with Crippen molar-refractivity contribution in [3.63, 3.8) is 0 Å². The molecule has 0 N–H and O–H groups in total. The van der Waals surface area contributed by atoms with Crippen LogP contribution in [0.15, 0.2) is 27.8 Å². The van der Waals surface area contributed by atoms with Gasteiger partial charge in [-0.2, -0.15) is 0 Å². The van der Waals surface area contributed by atoms with Gasteiger partial charge in [0.1, 0.15) is 10.8 Å². The Balaban J connectivity index is 2.45. The summed E-state index contributed by atoms with van der Waals surface area (Å²) in [4.78, 5) is 14.9. The lowest BCUT2D eigenvalue weighted by molar-refractivity contribution is -0.116. The van der Waals surface area contributed by atoms with Crippen LogP contribution in [-0.2, 0) is 4.79 Å². The molecule has 1 aromatic heterocycles. The van der Waals surface area contributed by atoms with E-state index in [2.05, 4.69) is 20.9 Å². The Bertz CT molecular complexity index is 303. The smallest absolute Gasteiger partial charge is 0.130 e. The van der Waals surface area contributed by atoms with Crippen molar-refractivity contribution in [3.05, 3.63) is 22.8 Å². The van der Waals surface area contributed by atoms with Gasteiger partial charge >= 0.3 is 0 Å². The number of hydrogen-bond donors (Lipinski definition) is 0. The van der Waals surface area contributed by atoms with Crippen LogP contribution in [0.2, 0.25) is 0 Å². The molecule has 0 unspecified atom stereocenters. The predicted molar refractivity (Wildman–Crippen MR) is 58.0 cm³/mol. The summed E-state index contributed by atoms with van der Waals surface area (Å²) in [6.07, 6.45) is 2.36. The second-order valence-corrected chi connectivity index (χ2v) is 4.53. The van der Waals surface area contributed by atoms with E-state index >= 15 is 0 Å². The Kier molecular flexibility index (Phi) is 4.45. The van der Waals surface area contributed by atoms with Gasteiger partial charge in [0.25, 0.3) is 0 Å². The van der Waals surface area contributed by atoms with Crippen LogP contribution in [0, 0.1) is 0 Å². The van der Waals surface area contributed by atoms with Crippen molar-refractivity contribution in [2.45, 2.75) is 18.4 Å². The van der Waals surface area contributed by atoms with Gasteiger partial charge in [0.05, 0.1) is 0 Å². The molecule has 0 aliphatic carbocycles. The number of aromatic nitrogens is 1. The molecule has 0 amide bonds. The zero-order chi connectivity index (χ0) is 9.68. The van der Waals surface area contributed by atoms with E-state index in [9.17, 15) is 4.79 Å². The molecule has 0 saturated heterocycles. The van der Waals surface area contributed by atoms with E-state index in [1.54, 1.807) is 24.9 Å². The highest BCUT2D eigenvalue weighted by Gasteiger charge is 2.01. The van der Waals surface area contributed by atoms with E-state index in [0.29, 0.717) is 6.42 Å². The highest BCUT2D eigenvalue weighted by Crippen LogP contribution is 2.24. The molecule has 0 aromatic carbocycles. The average Bonchev–Trinajstić information content (AvgIpc) is 2.08. The van der Waals surface area contributed by atoms with Gasteiger partial charge in [0.15, 0.2) is 0 Å². The Hall–Kier alpha value is -0.350. The zero-order valence-corrected chi connectivity index (χ0v) is 9.69. The predicted octanol–water partition coefficient (Wildman–Crippen LogP) is 2.92. The van der Waals surface area contributed by atoms with E-state index in [1.165, 1.54) is 0 Å². The van der Waals surface area contributed by atoms with E-state index in [-0.39, 0.29) is 5.78 Å². The summed E-state index contributed by atoms with van der Waals surface area (Å²) in [7, 11) is 0. The molecule has 0 aliphatic rings. The van der Waals surface area contributed by atoms with Crippen molar-refractivity contribution in [3.8, 4) is 0 Å². The molecule has 13 heavy (non-hydrogen) atoms. The number of hydrogen-bond acceptors (Lipinski definition) is 3. The lowest BCUT2D eigenvalue weighted by Gasteiger charge is -2.00. The average molecular weight is 260 g/mol. The third-order valence-corrected chi connectivity index (χ3v) is 3.33. The molecule has 1 rings (SSSR count). The summed E-state index contributed by atoms with van der Waals surface area (Å²) in [6, 6.07) is 3.82. The minimum Gasteiger partial charge on any atom is -0.300 e. The van der Waals surface area contributed by atoms with Gasteiger partial charge in [-0.05, 0) is 35.0 Å². The van der Waals surface area contributed by atoms with E-state index in [4.69, 9.17) is 0 Å². The molecular weight excluding hydrogens is 250 g/mol. The van der Waals surface area contributed by atoms with Crippen molar-refractivity contribution >= 4 is 33.5 Å².